The first-order valence-electron chi connectivity index (χ1n) is 6.61. The van der Waals surface area contributed by atoms with E-state index in [1.165, 1.54) is 0 Å². The van der Waals surface area contributed by atoms with E-state index in [4.69, 9.17) is 5.26 Å². The van der Waals surface area contributed by atoms with E-state index >= 15 is 0 Å². The zero-order chi connectivity index (χ0) is 15.7. The van der Waals surface area contributed by atoms with Crippen molar-refractivity contribution < 1.29 is 13.2 Å². The van der Waals surface area contributed by atoms with Gasteiger partial charge in [0.25, 0.3) is 0 Å². The van der Waals surface area contributed by atoms with Crippen LogP contribution in [0.5, 0.6) is 0 Å². The molecule has 2 rings (SSSR count). The molecule has 6 nitrogen and oxygen atoms in total. The summed E-state index contributed by atoms with van der Waals surface area (Å²) in [6, 6.07) is 2.19. The highest BCUT2D eigenvalue weighted by molar-refractivity contribution is 5.05. The zero-order valence-electron chi connectivity index (χ0n) is 11.9. The molecule has 1 atom stereocenters. The van der Waals surface area contributed by atoms with E-state index < -0.39 is 17.5 Å². The highest BCUT2D eigenvalue weighted by Gasteiger charge is 2.39. The summed E-state index contributed by atoms with van der Waals surface area (Å²) in [5.74, 6) is -0.620. The zero-order valence-corrected chi connectivity index (χ0v) is 11.9. The van der Waals surface area contributed by atoms with Gasteiger partial charge in [0.2, 0.25) is 5.82 Å². The van der Waals surface area contributed by atoms with Gasteiger partial charge in [0.1, 0.15) is 11.4 Å². The van der Waals surface area contributed by atoms with Gasteiger partial charge in [0, 0.05) is 19.6 Å². The summed E-state index contributed by atoms with van der Waals surface area (Å²) >= 11 is 0. The molecule has 116 valence electrons. The molecule has 0 spiro atoms. The summed E-state index contributed by atoms with van der Waals surface area (Å²) in [4.78, 5) is 1.98. The number of halogens is 3. The Morgan fingerprint density at radius 3 is 2.62 bits per heavy atom. The number of nitrogens with zero attached hydrogens (tertiary/aromatic N) is 5. The molecule has 0 bridgehead atoms. The van der Waals surface area contributed by atoms with Gasteiger partial charge >= 0.3 is 6.18 Å². The molecule has 0 amide bonds. The van der Waals surface area contributed by atoms with Gasteiger partial charge in [-0.05, 0) is 20.4 Å². The van der Waals surface area contributed by atoms with Crippen molar-refractivity contribution >= 4 is 0 Å². The molecule has 0 saturated carbocycles. The van der Waals surface area contributed by atoms with Crippen molar-refractivity contribution in [1.82, 2.24) is 25.0 Å². The predicted octanol–water partition coefficient (Wildman–Crippen LogP) is 1.00. The Morgan fingerprint density at radius 2 is 2.05 bits per heavy atom. The van der Waals surface area contributed by atoms with E-state index in [1.54, 1.807) is 14.0 Å². The van der Waals surface area contributed by atoms with Crippen LogP contribution in [-0.4, -0.2) is 45.3 Å². The maximum atomic E-state index is 12.7. The molecule has 21 heavy (non-hydrogen) atoms. The minimum Gasteiger partial charge on any atom is -0.305 e. The quantitative estimate of drug-likeness (QED) is 0.898. The third kappa shape index (κ3) is 3.33. The minimum atomic E-state index is -4.47. The average molecular weight is 302 g/mol. The van der Waals surface area contributed by atoms with E-state index in [0.29, 0.717) is 31.9 Å². The fourth-order valence-electron chi connectivity index (χ4n) is 2.23. The molecule has 9 heteroatoms. The van der Waals surface area contributed by atoms with Crippen molar-refractivity contribution in [3.63, 3.8) is 0 Å². The van der Waals surface area contributed by atoms with Crippen LogP contribution in [0, 0.1) is 11.3 Å². The van der Waals surface area contributed by atoms with Crippen molar-refractivity contribution in [2.24, 2.45) is 0 Å². The minimum absolute atomic E-state index is 0.208. The van der Waals surface area contributed by atoms with E-state index in [1.807, 2.05) is 4.90 Å². The Hall–Kier alpha value is -1.66. The van der Waals surface area contributed by atoms with Gasteiger partial charge in [-0.2, -0.15) is 18.4 Å². The lowest BCUT2D eigenvalue weighted by Crippen LogP contribution is -2.43. The van der Waals surface area contributed by atoms with Crippen LogP contribution in [-0.2, 0) is 19.3 Å². The van der Waals surface area contributed by atoms with Crippen LogP contribution in [0.2, 0.25) is 0 Å². The van der Waals surface area contributed by atoms with Crippen LogP contribution >= 0.6 is 0 Å². The maximum absolute atomic E-state index is 12.7. The molecular weight excluding hydrogens is 285 g/mol. The summed E-state index contributed by atoms with van der Waals surface area (Å²) in [5, 5.41) is 18.9. The number of hydrogen-bond donors (Lipinski definition) is 1. The normalized spacial score (nSPS) is 18.9. The van der Waals surface area contributed by atoms with Crippen LogP contribution in [0.1, 0.15) is 25.0 Å². The average Bonchev–Trinajstić information content (AvgIpc) is 2.88. The third-order valence-electron chi connectivity index (χ3n) is 3.81. The van der Waals surface area contributed by atoms with Crippen LogP contribution in [0.15, 0.2) is 0 Å². The SMILES string of the molecule is CNC(C)(C#N)CCN1CCn2c(nnc2C(F)(F)F)C1. The van der Waals surface area contributed by atoms with Gasteiger partial charge in [-0.3, -0.25) is 4.90 Å². The van der Waals surface area contributed by atoms with E-state index in [-0.39, 0.29) is 6.54 Å². The Kier molecular flexibility index (Phi) is 4.20. The largest absolute Gasteiger partial charge is 0.451 e. The van der Waals surface area contributed by atoms with Gasteiger partial charge in [-0.1, -0.05) is 0 Å². The first-order valence-corrected chi connectivity index (χ1v) is 6.61. The molecule has 1 aliphatic heterocycles. The molecule has 1 aliphatic rings. The number of nitrogens with one attached hydrogen (secondary N) is 1. The molecule has 1 aromatic heterocycles. The van der Waals surface area contributed by atoms with Crippen LogP contribution < -0.4 is 5.32 Å². The summed E-state index contributed by atoms with van der Waals surface area (Å²) < 4.78 is 39.3. The fraction of sp³-hybridized carbons (Fsp3) is 0.750. The maximum Gasteiger partial charge on any atom is 0.451 e. The van der Waals surface area contributed by atoms with Crippen LogP contribution in [0.3, 0.4) is 0 Å². The lowest BCUT2D eigenvalue weighted by atomic mass is 10.00. The molecule has 1 N–H and O–H groups in total. The predicted molar refractivity (Wildman–Crippen MR) is 68.0 cm³/mol. The molecule has 1 unspecified atom stereocenters. The van der Waals surface area contributed by atoms with Gasteiger partial charge in [0.15, 0.2) is 0 Å². The molecule has 0 fully saturated rings. The summed E-state index contributed by atoms with van der Waals surface area (Å²) in [7, 11) is 1.71. The van der Waals surface area contributed by atoms with Crippen molar-refractivity contribution in [3.8, 4) is 6.07 Å². The molecule has 0 aromatic carbocycles. The summed E-state index contributed by atoms with van der Waals surface area (Å²) in [5.41, 5.74) is -0.637. The van der Waals surface area contributed by atoms with Crippen LogP contribution in [0.4, 0.5) is 13.2 Å². The highest BCUT2D eigenvalue weighted by atomic mass is 19.4. The first-order chi connectivity index (χ1) is 9.79. The first kappa shape index (κ1) is 15.7. The van der Waals surface area contributed by atoms with Crippen molar-refractivity contribution in [2.45, 2.75) is 38.1 Å². The van der Waals surface area contributed by atoms with E-state index in [2.05, 4.69) is 21.6 Å². The second kappa shape index (κ2) is 5.61. The fourth-order valence-corrected chi connectivity index (χ4v) is 2.23. The number of hydrogen-bond acceptors (Lipinski definition) is 5. The number of fused-ring (bicyclic) bond motifs is 1. The van der Waals surface area contributed by atoms with Crippen molar-refractivity contribution in [2.75, 3.05) is 20.1 Å². The topological polar surface area (TPSA) is 69.8 Å². The van der Waals surface area contributed by atoms with Crippen molar-refractivity contribution in [1.29, 1.82) is 5.26 Å². The Bertz CT molecular complexity index is 546. The van der Waals surface area contributed by atoms with E-state index in [0.717, 1.165) is 4.57 Å². The molecule has 0 saturated heterocycles. The number of nitriles is 1. The Morgan fingerprint density at radius 1 is 1.33 bits per heavy atom. The Balaban J connectivity index is 2.02. The highest BCUT2D eigenvalue weighted by Crippen LogP contribution is 2.29. The molecule has 1 aromatic rings. The van der Waals surface area contributed by atoms with Gasteiger partial charge in [0.05, 0.1) is 12.6 Å². The Labute approximate surface area is 120 Å². The number of alkyl halides is 3. The van der Waals surface area contributed by atoms with Gasteiger partial charge in [-0.25, -0.2) is 0 Å². The smallest absolute Gasteiger partial charge is 0.305 e. The van der Waals surface area contributed by atoms with Gasteiger partial charge in [-0.15, -0.1) is 10.2 Å². The molecule has 0 radical (unpaired) electrons. The third-order valence-corrected chi connectivity index (χ3v) is 3.81. The van der Waals surface area contributed by atoms with E-state index in [9.17, 15) is 13.2 Å². The summed E-state index contributed by atoms with van der Waals surface area (Å²) in [6.45, 7) is 3.41. The number of rotatable bonds is 4. The lowest BCUT2D eigenvalue weighted by Gasteiger charge is -2.30. The number of aromatic nitrogens is 3. The lowest BCUT2D eigenvalue weighted by molar-refractivity contribution is -0.148. The summed E-state index contributed by atoms with van der Waals surface area (Å²) in [6.07, 6.45) is -3.89. The second-order valence-corrected chi connectivity index (χ2v) is 5.31. The van der Waals surface area contributed by atoms with Crippen LogP contribution in [0.25, 0.3) is 0 Å². The monoisotopic (exact) mass is 302 g/mol. The molecule has 0 aliphatic carbocycles. The van der Waals surface area contributed by atoms with Crippen molar-refractivity contribution in [3.05, 3.63) is 11.6 Å². The molecular formula is C12H17F3N6. The molecule has 2 heterocycles. The van der Waals surface area contributed by atoms with Gasteiger partial charge < -0.3 is 9.88 Å². The standard InChI is InChI=1S/C12H17F3N6/c1-11(8-16,17-2)3-4-20-5-6-21-9(7-20)18-19-10(21)12(13,14)15/h17H,3-7H2,1-2H3. The second-order valence-electron chi connectivity index (χ2n) is 5.31.